The maximum absolute atomic E-state index is 12.9. The fourth-order valence-corrected chi connectivity index (χ4v) is 2.47. The molecule has 144 valence electrons. The highest BCUT2D eigenvalue weighted by molar-refractivity contribution is 6.31. The normalized spacial score (nSPS) is 10.4. The van der Waals surface area contributed by atoms with E-state index in [2.05, 4.69) is 5.32 Å². The van der Waals surface area contributed by atoms with E-state index in [-0.39, 0.29) is 37.3 Å². The average Bonchev–Trinajstić information content (AvgIpc) is 2.66. The lowest BCUT2D eigenvalue weighted by atomic mass is 10.2. The van der Waals surface area contributed by atoms with Crippen LogP contribution in [0, 0.1) is 12.7 Å². The smallest absolute Gasteiger partial charge is 0.260 e. The molecule has 0 aliphatic carbocycles. The summed E-state index contributed by atoms with van der Waals surface area (Å²) in [5.41, 5.74) is 1.63. The third kappa shape index (κ3) is 6.57. The van der Waals surface area contributed by atoms with Gasteiger partial charge in [0.15, 0.2) is 6.61 Å². The van der Waals surface area contributed by atoms with Gasteiger partial charge in [-0.2, -0.15) is 0 Å². The van der Waals surface area contributed by atoms with Gasteiger partial charge in [-0.1, -0.05) is 23.7 Å². The van der Waals surface area contributed by atoms with Gasteiger partial charge in [0.25, 0.3) is 5.91 Å². The molecule has 1 N–H and O–H groups in total. The molecule has 0 heterocycles. The van der Waals surface area contributed by atoms with Crippen LogP contribution in [0.1, 0.15) is 18.1 Å². The zero-order valence-corrected chi connectivity index (χ0v) is 16.1. The van der Waals surface area contributed by atoms with Crippen molar-refractivity contribution in [2.24, 2.45) is 0 Å². The first kappa shape index (κ1) is 20.7. The molecule has 0 spiro atoms. The van der Waals surface area contributed by atoms with Crippen LogP contribution in [-0.4, -0.2) is 36.4 Å². The molecule has 7 heteroatoms. The minimum Gasteiger partial charge on any atom is -0.484 e. The molecule has 2 rings (SSSR count). The second-order valence-electron chi connectivity index (χ2n) is 6.01. The Morgan fingerprint density at radius 1 is 1.19 bits per heavy atom. The molecule has 0 aliphatic rings. The highest BCUT2D eigenvalue weighted by Gasteiger charge is 2.16. The van der Waals surface area contributed by atoms with Crippen LogP contribution in [0.5, 0.6) is 5.75 Å². The predicted molar refractivity (Wildman–Crippen MR) is 102 cm³/mol. The number of ether oxygens (including phenoxy) is 1. The molecule has 0 atom stereocenters. The quantitative estimate of drug-likeness (QED) is 0.749. The Morgan fingerprint density at radius 2 is 1.89 bits per heavy atom. The summed E-state index contributed by atoms with van der Waals surface area (Å²) in [5, 5.41) is 3.34. The van der Waals surface area contributed by atoms with Crippen LogP contribution in [0.3, 0.4) is 0 Å². The lowest BCUT2D eigenvalue weighted by Crippen LogP contribution is -2.42. The average molecular weight is 393 g/mol. The Hall–Kier alpha value is -2.60. The largest absolute Gasteiger partial charge is 0.484 e. The van der Waals surface area contributed by atoms with Crippen LogP contribution in [0.2, 0.25) is 5.02 Å². The third-order valence-electron chi connectivity index (χ3n) is 3.96. The fourth-order valence-electron chi connectivity index (χ4n) is 2.35. The summed E-state index contributed by atoms with van der Waals surface area (Å²) in [6, 6.07) is 11.0. The van der Waals surface area contributed by atoms with Gasteiger partial charge < -0.3 is 15.0 Å². The first-order chi connectivity index (χ1) is 12.9. The van der Waals surface area contributed by atoms with E-state index in [0.29, 0.717) is 17.3 Å². The summed E-state index contributed by atoms with van der Waals surface area (Å²) in [6.45, 7) is 4.05. The van der Waals surface area contributed by atoms with Crippen LogP contribution < -0.4 is 10.1 Å². The highest BCUT2D eigenvalue weighted by atomic mass is 35.5. The summed E-state index contributed by atoms with van der Waals surface area (Å²) in [7, 11) is 0. The van der Waals surface area contributed by atoms with E-state index in [9.17, 15) is 14.0 Å². The molecule has 0 aliphatic heterocycles. The maximum atomic E-state index is 12.9. The van der Waals surface area contributed by atoms with Gasteiger partial charge in [0, 0.05) is 18.1 Å². The lowest BCUT2D eigenvalue weighted by molar-refractivity contribution is -0.137. The number of nitrogens with zero attached hydrogens (tertiary/aromatic N) is 1. The number of amides is 2. The molecule has 0 unspecified atom stereocenters. The standard InChI is InChI=1S/C20H22ClFN2O3/c1-3-24(12-19(25)23-11-15-4-6-16(22)7-5-15)20(26)13-27-17-8-9-18(21)14(2)10-17/h4-10H,3,11-13H2,1-2H3,(H,23,25). The number of aryl methyl sites for hydroxylation is 1. The van der Waals surface area contributed by atoms with Crippen molar-refractivity contribution in [2.45, 2.75) is 20.4 Å². The van der Waals surface area contributed by atoms with Crippen LogP contribution >= 0.6 is 11.6 Å². The monoisotopic (exact) mass is 392 g/mol. The summed E-state index contributed by atoms with van der Waals surface area (Å²) >= 11 is 5.96. The van der Waals surface area contributed by atoms with E-state index in [1.165, 1.54) is 17.0 Å². The van der Waals surface area contributed by atoms with Gasteiger partial charge in [-0.05, 0) is 55.3 Å². The van der Waals surface area contributed by atoms with E-state index in [1.54, 1.807) is 37.3 Å². The van der Waals surface area contributed by atoms with Crippen molar-refractivity contribution >= 4 is 23.4 Å². The number of hydrogen-bond donors (Lipinski definition) is 1. The number of hydrogen-bond acceptors (Lipinski definition) is 3. The SMILES string of the molecule is CCN(CC(=O)NCc1ccc(F)cc1)C(=O)COc1ccc(Cl)c(C)c1. The minimum atomic E-state index is -0.330. The Morgan fingerprint density at radius 3 is 2.52 bits per heavy atom. The Labute approximate surface area is 163 Å². The van der Waals surface area contributed by atoms with Crippen LogP contribution in [-0.2, 0) is 16.1 Å². The van der Waals surface area contributed by atoms with E-state index in [0.717, 1.165) is 11.1 Å². The highest BCUT2D eigenvalue weighted by Crippen LogP contribution is 2.21. The van der Waals surface area contributed by atoms with Gasteiger partial charge in [-0.3, -0.25) is 9.59 Å². The van der Waals surface area contributed by atoms with Gasteiger partial charge in [-0.25, -0.2) is 4.39 Å². The lowest BCUT2D eigenvalue weighted by Gasteiger charge is -2.20. The number of rotatable bonds is 8. The molecular weight excluding hydrogens is 371 g/mol. The first-order valence-electron chi connectivity index (χ1n) is 8.57. The molecule has 0 saturated carbocycles. The topological polar surface area (TPSA) is 58.6 Å². The molecule has 0 aromatic heterocycles. The molecular formula is C20H22ClFN2O3. The fraction of sp³-hybridized carbons (Fsp3) is 0.300. The summed E-state index contributed by atoms with van der Waals surface area (Å²) < 4.78 is 18.4. The molecule has 2 aromatic rings. The summed E-state index contributed by atoms with van der Waals surface area (Å²) in [6.07, 6.45) is 0. The molecule has 2 aromatic carbocycles. The van der Waals surface area contributed by atoms with Gasteiger partial charge in [0.1, 0.15) is 11.6 Å². The van der Waals surface area contributed by atoms with Crippen molar-refractivity contribution in [1.29, 1.82) is 0 Å². The molecule has 0 saturated heterocycles. The summed E-state index contributed by atoms with van der Waals surface area (Å²) in [5.74, 6) is -0.371. The molecule has 2 amide bonds. The number of carbonyl (C=O) groups is 2. The van der Waals surface area contributed by atoms with E-state index in [1.807, 2.05) is 6.92 Å². The molecule has 5 nitrogen and oxygen atoms in total. The Bertz CT molecular complexity index is 796. The van der Waals surface area contributed by atoms with Crippen molar-refractivity contribution in [3.8, 4) is 5.75 Å². The maximum Gasteiger partial charge on any atom is 0.260 e. The van der Waals surface area contributed by atoms with E-state index >= 15 is 0 Å². The third-order valence-corrected chi connectivity index (χ3v) is 4.39. The number of carbonyl (C=O) groups excluding carboxylic acids is 2. The van der Waals surface area contributed by atoms with Gasteiger partial charge >= 0.3 is 0 Å². The van der Waals surface area contributed by atoms with Gasteiger partial charge in [0.05, 0.1) is 6.54 Å². The minimum absolute atomic E-state index is 0.0699. The van der Waals surface area contributed by atoms with Gasteiger partial charge in [0.2, 0.25) is 5.91 Å². The summed E-state index contributed by atoms with van der Waals surface area (Å²) in [4.78, 5) is 25.8. The number of benzene rings is 2. The number of halogens is 2. The second kappa shape index (κ2) is 9.92. The Balaban J connectivity index is 1.81. The van der Waals surface area contributed by atoms with Crippen LogP contribution in [0.4, 0.5) is 4.39 Å². The Kier molecular flexibility index (Phi) is 7.61. The predicted octanol–water partition coefficient (Wildman–Crippen LogP) is 3.33. The van der Waals surface area contributed by atoms with Crippen molar-refractivity contribution in [1.82, 2.24) is 10.2 Å². The number of likely N-dealkylation sites (N-methyl/N-ethyl adjacent to an activating group) is 1. The zero-order valence-electron chi connectivity index (χ0n) is 15.3. The second-order valence-corrected chi connectivity index (χ2v) is 6.42. The number of nitrogens with one attached hydrogen (secondary N) is 1. The van der Waals surface area contributed by atoms with Crippen LogP contribution in [0.25, 0.3) is 0 Å². The van der Waals surface area contributed by atoms with Crippen molar-refractivity contribution in [3.63, 3.8) is 0 Å². The van der Waals surface area contributed by atoms with Crippen molar-refractivity contribution < 1.29 is 18.7 Å². The molecule has 0 fully saturated rings. The molecule has 0 bridgehead atoms. The van der Waals surface area contributed by atoms with Crippen molar-refractivity contribution in [2.75, 3.05) is 19.7 Å². The van der Waals surface area contributed by atoms with Gasteiger partial charge in [-0.15, -0.1) is 0 Å². The molecule has 0 radical (unpaired) electrons. The van der Waals surface area contributed by atoms with E-state index in [4.69, 9.17) is 16.3 Å². The van der Waals surface area contributed by atoms with E-state index < -0.39 is 0 Å². The zero-order chi connectivity index (χ0) is 19.8. The van der Waals surface area contributed by atoms with Crippen molar-refractivity contribution in [3.05, 3.63) is 64.4 Å². The molecule has 27 heavy (non-hydrogen) atoms. The van der Waals surface area contributed by atoms with Crippen LogP contribution in [0.15, 0.2) is 42.5 Å². The first-order valence-corrected chi connectivity index (χ1v) is 8.94.